The third kappa shape index (κ3) is 5.71. The van der Waals surface area contributed by atoms with Crippen LogP contribution in [0.3, 0.4) is 0 Å². The molecule has 1 N–H and O–H groups in total. The van der Waals surface area contributed by atoms with Crippen LogP contribution in [0.5, 0.6) is 5.75 Å². The quantitative estimate of drug-likeness (QED) is 0.608. The molecule has 4 rings (SSSR count). The van der Waals surface area contributed by atoms with Gasteiger partial charge in [0.1, 0.15) is 11.6 Å². The van der Waals surface area contributed by atoms with Crippen molar-refractivity contribution >= 4 is 11.6 Å². The molecule has 0 bridgehead atoms. The van der Waals surface area contributed by atoms with E-state index in [1.807, 2.05) is 54.9 Å². The summed E-state index contributed by atoms with van der Waals surface area (Å²) in [6, 6.07) is 17.7. The van der Waals surface area contributed by atoms with Crippen LogP contribution in [0.25, 0.3) is 11.4 Å². The molecule has 3 aromatic rings. The molecule has 1 amide bonds. The molecule has 0 saturated carbocycles. The summed E-state index contributed by atoms with van der Waals surface area (Å²) in [5, 5.41) is 2.96. The Bertz CT molecular complexity index is 963. The van der Waals surface area contributed by atoms with E-state index in [2.05, 4.69) is 36.8 Å². The van der Waals surface area contributed by atoms with Crippen LogP contribution in [0.15, 0.2) is 67.0 Å². The lowest BCUT2D eigenvalue weighted by Crippen LogP contribution is -2.49. The number of carbonyl (C=O) groups is 1. The lowest BCUT2D eigenvalue weighted by molar-refractivity contribution is -0.117. The number of carbonyl (C=O) groups excluding carboxylic acids is 1. The molecule has 31 heavy (non-hydrogen) atoms. The van der Waals surface area contributed by atoms with Crippen LogP contribution in [0.2, 0.25) is 0 Å². The molecule has 2 aromatic carbocycles. The van der Waals surface area contributed by atoms with Gasteiger partial charge in [-0.15, -0.1) is 0 Å². The fourth-order valence-corrected chi connectivity index (χ4v) is 3.84. The predicted molar refractivity (Wildman–Crippen MR) is 122 cm³/mol. The number of piperazine rings is 1. The Kier molecular flexibility index (Phi) is 6.96. The minimum atomic E-state index is 0.0181. The summed E-state index contributed by atoms with van der Waals surface area (Å²) in [4.78, 5) is 21.5. The lowest BCUT2D eigenvalue weighted by atomic mass is 10.2. The maximum Gasteiger partial charge on any atom is 0.238 e. The average molecular weight is 420 g/mol. The van der Waals surface area contributed by atoms with Crippen molar-refractivity contribution in [3.05, 3.63) is 67.0 Å². The molecule has 7 nitrogen and oxygen atoms in total. The van der Waals surface area contributed by atoms with Gasteiger partial charge >= 0.3 is 0 Å². The van der Waals surface area contributed by atoms with Crippen LogP contribution < -0.4 is 10.1 Å². The third-order valence-electron chi connectivity index (χ3n) is 5.61. The van der Waals surface area contributed by atoms with Crippen LogP contribution >= 0.6 is 0 Å². The molecule has 2 heterocycles. The number of aromatic nitrogens is 2. The third-order valence-corrected chi connectivity index (χ3v) is 5.61. The monoisotopic (exact) mass is 419 g/mol. The van der Waals surface area contributed by atoms with E-state index >= 15 is 0 Å². The van der Waals surface area contributed by atoms with Gasteiger partial charge in [0.15, 0.2) is 0 Å². The van der Waals surface area contributed by atoms with Crippen molar-refractivity contribution in [2.45, 2.75) is 6.54 Å². The van der Waals surface area contributed by atoms with Gasteiger partial charge < -0.3 is 14.6 Å². The number of amides is 1. The van der Waals surface area contributed by atoms with Gasteiger partial charge in [0.2, 0.25) is 5.91 Å². The Labute approximate surface area is 183 Å². The number of anilines is 1. The van der Waals surface area contributed by atoms with Gasteiger partial charge in [-0.05, 0) is 24.3 Å². The summed E-state index contributed by atoms with van der Waals surface area (Å²) in [6.45, 7) is 6.01. The first-order chi connectivity index (χ1) is 15.2. The summed E-state index contributed by atoms with van der Waals surface area (Å²) in [6.07, 6.45) is 3.91. The summed E-state index contributed by atoms with van der Waals surface area (Å²) in [5.41, 5.74) is 1.93. The number of imidazole rings is 1. The molecule has 1 fully saturated rings. The first kappa shape index (κ1) is 21.1. The van der Waals surface area contributed by atoms with Crippen LogP contribution in [-0.2, 0) is 11.3 Å². The summed E-state index contributed by atoms with van der Waals surface area (Å²) in [7, 11) is 1.63. The van der Waals surface area contributed by atoms with E-state index in [9.17, 15) is 4.79 Å². The average Bonchev–Trinajstić information content (AvgIpc) is 3.28. The summed E-state index contributed by atoms with van der Waals surface area (Å²) in [5.74, 6) is 1.81. The Morgan fingerprint density at radius 2 is 1.68 bits per heavy atom. The van der Waals surface area contributed by atoms with E-state index in [1.54, 1.807) is 7.11 Å². The second kappa shape index (κ2) is 10.2. The molecule has 0 aliphatic carbocycles. The number of nitrogens with one attached hydrogen (secondary N) is 1. The first-order valence-electron chi connectivity index (χ1n) is 10.7. The molecule has 0 atom stereocenters. The van der Waals surface area contributed by atoms with Crippen molar-refractivity contribution in [2.75, 3.05) is 51.7 Å². The van der Waals surface area contributed by atoms with E-state index in [0.29, 0.717) is 6.54 Å². The molecule has 1 aliphatic rings. The Balaban J connectivity index is 1.21. The van der Waals surface area contributed by atoms with E-state index in [1.165, 1.54) is 0 Å². The number of hydrogen-bond acceptors (Lipinski definition) is 5. The van der Waals surface area contributed by atoms with E-state index < -0.39 is 0 Å². The van der Waals surface area contributed by atoms with Gasteiger partial charge in [-0.1, -0.05) is 30.3 Å². The highest BCUT2D eigenvalue weighted by molar-refractivity contribution is 5.92. The lowest BCUT2D eigenvalue weighted by Gasteiger charge is -2.34. The molecule has 162 valence electrons. The molecular formula is C24H29N5O2. The number of hydrogen-bond donors (Lipinski definition) is 1. The number of nitrogens with zero attached hydrogens (tertiary/aromatic N) is 4. The maximum atomic E-state index is 12.4. The zero-order valence-electron chi connectivity index (χ0n) is 17.9. The van der Waals surface area contributed by atoms with Gasteiger partial charge in [0.05, 0.1) is 13.7 Å². The van der Waals surface area contributed by atoms with E-state index in [0.717, 1.165) is 62.1 Å². The predicted octanol–water partition coefficient (Wildman–Crippen LogP) is 2.82. The minimum absolute atomic E-state index is 0.0181. The largest absolute Gasteiger partial charge is 0.497 e. The van der Waals surface area contributed by atoms with Crippen molar-refractivity contribution in [2.24, 2.45) is 0 Å². The molecule has 7 heteroatoms. The summed E-state index contributed by atoms with van der Waals surface area (Å²) >= 11 is 0. The van der Waals surface area contributed by atoms with Crippen LogP contribution in [0.4, 0.5) is 5.69 Å². The summed E-state index contributed by atoms with van der Waals surface area (Å²) < 4.78 is 7.36. The second-order valence-corrected chi connectivity index (χ2v) is 7.70. The molecule has 1 aliphatic heterocycles. The maximum absolute atomic E-state index is 12.4. The smallest absolute Gasteiger partial charge is 0.238 e. The molecule has 1 aromatic heterocycles. The number of ether oxygens (including phenoxy) is 1. The van der Waals surface area contributed by atoms with Crippen LogP contribution in [0.1, 0.15) is 0 Å². The fourth-order valence-electron chi connectivity index (χ4n) is 3.84. The van der Waals surface area contributed by atoms with Gasteiger partial charge in [-0.25, -0.2) is 4.98 Å². The van der Waals surface area contributed by atoms with Gasteiger partial charge in [-0.3, -0.25) is 14.6 Å². The molecular weight excluding hydrogens is 390 g/mol. The molecule has 0 spiro atoms. The first-order valence-corrected chi connectivity index (χ1v) is 10.7. The Morgan fingerprint density at radius 1 is 0.968 bits per heavy atom. The van der Waals surface area contributed by atoms with Gasteiger partial charge in [0.25, 0.3) is 0 Å². The zero-order chi connectivity index (χ0) is 21.5. The Hall–Kier alpha value is -3.16. The normalized spacial score (nSPS) is 15.0. The number of benzene rings is 2. The van der Waals surface area contributed by atoms with Crippen molar-refractivity contribution in [1.82, 2.24) is 19.4 Å². The van der Waals surface area contributed by atoms with E-state index in [-0.39, 0.29) is 5.91 Å². The highest BCUT2D eigenvalue weighted by atomic mass is 16.5. The van der Waals surface area contributed by atoms with Gasteiger partial charge in [-0.2, -0.15) is 0 Å². The highest BCUT2D eigenvalue weighted by Gasteiger charge is 2.19. The topological polar surface area (TPSA) is 62.6 Å². The van der Waals surface area contributed by atoms with E-state index in [4.69, 9.17) is 4.74 Å². The molecule has 0 unspecified atom stereocenters. The minimum Gasteiger partial charge on any atom is -0.497 e. The highest BCUT2D eigenvalue weighted by Crippen LogP contribution is 2.17. The van der Waals surface area contributed by atoms with Crippen molar-refractivity contribution in [1.29, 1.82) is 0 Å². The number of methoxy groups -OCH3 is 1. The van der Waals surface area contributed by atoms with Crippen molar-refractivity contribution in [3.8, 4) is 17.1 Å². The van der Waals surface area contributed by atoms with Crippen LogP contribution in [-0.4, -0.2) is 71.6 Å². The van der Waals surface area contributed by atoms with Crippen molar-refractivity contribution < 1.29 is 9.53 Å². The molecule has 1 saturated heterocycles. The van der Waals surface area contributed by atoms with Crippen LogP contribution in [0, 0.1) is 0 Å². The number of rotatable bonds is 8. The molecule has 0 radical (unpaired) electrons. The van der Waals surface area contributed by atoms with Gasteiger partial charge in [0, 0.05) is 62.9 Å². The zero-order valence-corrected chi connectivity index (χ0v) is 17.9. The standard InChI is InChI=1S/C24H29N5O2/c1-31-22-9-7-21(8-10-22)26-23(30)19-28-15-13-27(14-16-28)17-18-29-12-11-25-24(29)20-5-3-2-4-6-20/h2-12H,13-19H2,1H3,(H,26,30). The second-order valence-electron chi connectivity index (χ2n) is 7.70. The Morgan fingerprint density at radius 3 is 2.39 bits per heavy atom. The SMILES string of the molecule is COc1ccc(NC(=O)CN2CCN(CCn3ccnc3-c3ccccc3)CC2)cc1. The van der Waals surface area contributed by atoms with Crippen molar-refractivity contribution in [3.63, 3.8) is 0 Å². The fraction of sp³-hybridized carbons (Fsp3) is 0.333.